The minimum atomic E-state index is -0.325. The number of aryl methyl sites for hydroxylation is 1. The average molecular weight is 523 g/mol. The Morgan fingerprint density at radius 2 is 1.69 bits per heavy atom. The van der Waals surface area contributed by atoms with Crippen molar-refractivity contribution in [2.45, 2.75) is 19.4 Å². The van der Waals surface area contributed by atoms with Crippen molar-refractivity contribution in [1.29, 1.82) is 5.26 Å². The van der Waals surface area contributed by atoms with Gasteiger partial charge in [0.1, 0.15) is 6.61 Å². The molecule has 176 valence electrons. The molecule has 1 heterocycles. The van der Waals surface area contributed by atoms with Crippen molar-refractivity contribution < 1.29 is 14.3 Å². The Kier molecular flexibility index (Phi) is 8.14. The summed E-state index contributed by atoms with van der Waals surface area (Å²) in [6.07, 6.45) is 3.08. The molecule has 0 atom stereocenters. The largest absolute Gasteiger partial charge is 0.486 e. The second-order valence-electron chi connectivity index (χ2n) is 7.79. The van der Waals surface area contributed by atoms with Gasteiger partial charge >= 0.3 is 0 Å². The number of ether oxygens (including phenoxy) is 1. The maximum atomic E-state index is 12.8. The predicted molar refractivity (Wildman–Crippen MR) is 139 cm³/mol. The number of carbonyl (C=O) groups excluding carboxylic acids is 2. The summed E-state index contributed by atoms with van der Waals surface area (Å²) in [5.41, 5.74) is 2.97. The Balaban J connectivity index is 1.43. The first-order valence-corrected chi connectivity index (χ1v) is 12.4. The van der Waals surface area contributed by atoms with Gasteiger partial charge in [0, 0.05) is 12.1 Å². The number of imide groups is 1. The maximum Gasteiger partial charge on any atom is 0.293 e. The fourth-order valence-electron chi connectivity index (χ4n) is 3.64. The van der Waals surface area contributed by atoms with Gasteiger partial charge in [-0.25, -0.2) is 0 Å². The van der Waals surface area contributed by atoms with Crippen molar-refractivity contribution in [2.24, 2.45) is 0 Å². The lowest BCUT2D eigenvalue weighted by molar-refractivity contribution is -0.122. The van der Waals surface area contributed by atoms with Crippen LogP contribution in [0.3, 0.4) is 0 Å². The smallest absolute Gasteiger partial charge is 0.293 e. The lowest BCUT2D eigenvalue weighted by Crippen LogP contribution is -2.29. The highest BCUT2D eigenvalue weighted by Gasteiger charge is 2.34. The quantitative estimate of drug-likeness (QED) is 0.294. The molecule has 8 heteroatoms. The van der Waals surface area contributed by atoms with Gasteiger partial charge in [-0.05, 0) is 60.0 Å². The Morgan fingerprint density at radius 3 is 2.40 bits per heavy atom. The van der Waals surface area contributed by atoms with Gasteiger partial charge in [-0.15, -0.1) is 0 Å². The van der Waals surface area contributed by atoms with Gasteiger partial charge in [-0.1, -0.05) is 71.7 Å². The number of hydrogen-bond acceptors (Lipinski definition) is 5. The summed E-state index contributed by atoms with van der Waals surface area (Å²) in [5, 5.41) is 9.47. The summed E-state index contributed by atoms with van der Waals surface area (Å²) in [7, 11) is 0. The third kappa shape index (κ3) is 6.07. The SMILES string of the molecule is N#Cc1ccccc1COc1c(Cl)cc(/C=C2/SC(=O)N(CCCc3ccccc3)C2=O)cc1Cl. The number of nitriles is 1. The molecule has 0 bridgehead atoms. The standard InChI is InChI=1S/C27H20Cl2N2O3S/c28-22-13-19(14-23(29)25(22)34-17-21-11-5-4-10-20(21)16-30)15-24-26(32)31(27(33)35-24)12-6-9-18-7-2-1-3-8-18/h1-5,7-8,10-11,13-15H,6,9,12,17H2/b24-15+. The van der Waals surface area contributed by atoms with Crippen LogP contribution in [-0.4, -0.2) is 22.6 Å². The zero-order chi connectivity index (χ0) is 24.8. The van der Waals surface area contributed by atoms with Crippen LogP contribution in [0.4, 0.5) is 4.79 Å². The van der Waals surface area contributed by atoms with Gasteiger partial charge in [0.2, 0.25) is 0 Å². The lowest BCUT2D eigenvalue weighted by atomic mass is 10.1. The molecule has 0 saturated carbocycles. The molecule has 0 N–H and O–H groups in total. The molecule has 5 nitrogen and oxygen atoms in total. The highest BCUT2D eigenvalue weighted by atomic mass is 35.5. The Labute approximate surface area is 217 Å². The minimum absolute atomic E-state index is 0.129. The molecule has 0 unspecified atom stereocenters. The third-order valence-electron chi connectivity index (χ3n) is 5.39. The van der Waals surface area contributed by atoms with E-state index in [2.05, 4.69) is 6.07 Å². The number of thioether (sulfide) groups is 1. The second-order valence-corrected chi connectivity index (χ2v) is 9.60. The van der Waals surface area contributed by atoms with E-state index in [1.165, 1.54) is 4.90 Å². The van der Waals surface area contributed by atoms with Gasteiger partial charge < -0.3 is 4.74 Å². The molecule has 1 aliphatic heterocycles. The van der Waals surface area contributed by atoms with Gasteiger partial charge in [-0.2, -0.15) is 5.26 Å². The summed E-state index contributed by atoms with van der Waals surface area (Å²) < 4.78 is 5.79. The monoisotopic (exact) mass is 522 g/mol. The highest BCUT2D eigenvalue weighted by Crippen LogP contribution is 2.38. The topological polar surface area (TPSA) is 70.4 Å². The van der Waals surface area contributed by atoms with E-state index < -0.39 is 0 Å². The molecule has 3 aromatic carbocycles. The Morgan fingerprint density at radius 1 is 1.00 bits per heavy atom. The van der Waals surface area contributed by atoms with Crippen LogP contribution in [0.5, 0.6) is 5.75 Å². The predicted octanol–water partition coefficient (Wildman–Crippen LogP) is 7.11. The van der Waals surface area contributed by atoms with Crippen LogP contribution < -0.4 is 4.74 Å². The zero-order valence-electron chi connectivity index (χ0n) is 18.5. The van der Waals surface area contributed by atoms with E-state index in [-0.39, 0.29) is 33.5 Å². The van der Waals surface area contributed by atoms with Gasteiger partial charge in [0.25, 0.3) is 11.1 Å². The molecule has 2 amide bonds. The van der Waals surface area contributed by atoms with Crippen molar-refractivity contribution in [3.8, 4) is 11.8 Å². The van der Waals surface area contributed by atoms with Crippen molar-refractivity contribution >= 4 is 52.2 Å². The maximum absolute atomic E-state index is 12.8. The number of benzene rings is 3. The summed E-state index contributed by atoms with van der Waals surface area (Å²) >= 11 is 13.7. The summed E-state index contributed by atoms with van der Waals surface area (Å²) in [5.74, 6) is -0.0408. The zero-order valence-corrected chi connectivity index (χ0v) is 20.9. The molecule has 3 aromatic rings. The van der Waals surface area contributed by atoms with Crippen molar-refractivity contribution in [3.63, 3.8) is 0 Å². The Hall–Kier alpha value is -3.24. The molecule has 0 aromatic heterocycles. The van der Waals surface area contributed by atoms with Crippen LogP contribution in [-0.2, 0) is 17.8 Å². The van der Waals surface area contributed by atoms with Crippen LogP contribution >= 0.6 is 35.0 Å². The van der Waals surface area contributed by atoms with E-state index in [9.17, 15) is 14.9 Å². The van der Waals surface area contributed by atoms with Gasteiger partial charge in [-0.3, -0.25) is 14.5 Å². The first-order valence-electron chi connectivity index (χ1n) is 10.9. The first kappa shape index (κ1) is 24.9. The van der Waals surface area contributed by atoms with Crippen molar-refractivity contribution in [2.75, 3.05) is 6.54 Å². The molecule has 0 aliphatic carbocycles. The number of nitrogens with zero attached hydrogens (tertiary/aromatic N) is 2. The van der Waals surface area contributed by atoms with Crippen LogP contribution in [0.25, 0.3) is 6.08 Å². The normalized spacial score (nSPS) is 14.4. The molecular weight excluding hydrogens is 503 g/mol. The van der Waals surface area contributed by atoms with Crippen molar-refractivity contribution in [1.82, 2.24) is 4.90 Å². The number of rotatable bonds is 8. The number of amides is 2. The van der Waals surface area contributed by atoms with E-state index in [4.69, 9.17) is 27.9 Å². The summed E-state index contributed by atoms with van der Waals surface area (Å²) in [6.45, 7) is 0.486. The number of carbonyl (C=O) groups is 2. The van der Waals surface area contributed by atoms with E-state index in [0.29, 0.717) is 34.6 Å². The fourth-order valence-corrected chi connectivity index (χ4v) is 5.11. The average Bonchev–Trinajstić information content (AvgIpc) is 3.11. The molecule has 1 saturated heterocycles. The van der Waals surface area contributed by atoms with Gasteiger partial charge in [0.15, 0.2) is 5.75 Å². The molecule has 1 fully saturated rings. The van der Waals surface area contributed by atoms with Gasteiger partial charge in [0.05, 0.1) is 26.6 Å². The van der Waals surface area contributed by atoms with Crippen LogP contribution in [0.2, 0.25) is 10.0 Å². The molecule has 0 radical (unpaired) electrons. The molecule has 1 aliphatic rings. The highest BCUT2D eigenvalue weighted by molar-refractivity contribution is 8.18. The van der Waals surface area contributed by atoms with E-state index in [0.717, 1.165) is 23.7 Å². The minimum Gasteiger partial charge on any atom is -0.486 e. The molecule has 35 heavy (non-hydrogen) atoms. The lowest BCUT2D eigenvalue weighted by Gasteiger charge is -2.12. The molecular formula is C27H20Cl2N2O3S. The number of hydrogen-bond donors (Lipinski definition) is 0. The molecule has 0 spiro atoms. The number of halogens is 2. The Bertz CT molecular complexity index is 1310. The molecule has 4 rings (SSSR count). The van der Waals surface area contributed by atoms with Crippen LogP contribution in [0.15, 0.2) is 71.6 Å². The van der Waals surface area contributed by atoms with Crippen LogP contribution in [0, 0.1) is 11.3 Å². The van der Waals surface area contributed by atoms with Crippen LogP contribution in [0.1, 0.15) is 28.7 Å². The first-order chi connectivity index (χ1) is 17.0. The summed E-state index contributed by atoms with van der Waals surface area (Å²) in [4.78, 5) is 26.8. The second kappa shape index (κ2) is 11.5. The van der Waals surface area contributed by atoms with Crippen molar-refractivity contribution in [3.05, 3.63) is 104 Å². The van der Waals surface area contributed by atoms with E-state index >= 15 is 0 Å². The fraction of sp³-hybridized carbons (Fsp3) is 0.148. The van der Waals surface area contributed by atoms with E-state index in [1.54, 1.807) is 36.4 Å². The van der Waals surface area contributed by atoms with E-state index in [1.807, 2.05) is 36.4 Å². The third-order valence-corrected chi connectivity index (χ3v) is 6.86. The summed E-state index contributed by atoms with van der Waals surface area (Å²) in [6, 6.07) is 22.4.